The topological polar surface area (TPSA) is 38.8 Å². The van der Waals surface area contributed by atoms with Crippen molar-refractivity contribution in [2.75, 3.05) is 32.9 Å². The van der Waals surface area contributed by atoms with Crippen LogP contribution in [0.25, 0.3) is 0 Å². The zero-order chi connectivity index (χ0) is 12.0. The molecule has 0 N–H and O–H groups in total. The lowest BCUT2D eigenvalue weighted by molar-refractivity contribution is -0.147. The summed E-state index contributed by atoms with van der Waals surface area (Å²) in [5.74, 6) is -0.0988. The molecule has 1 atom stereocenters. The van der Waals surface area contributed by atoms with Gasteiger partial charge in [0.15, 0.2) is 0 Å². The molecule has 0 spiro atoms. The van der Waals surface area contributed by atoms with E-state index in [-0.39, 0.29) is 11.5 Å². The Kier molecular flexibility index (Phi) is 5.22. The van der Waals surface area contributed by atoms with Gasteiger partial charge in [0.25, 0.3) is 0 Å². The zero-order valence-electron chi connectivity index (χ0n) is 10.6. The Morgan fingerprint density at radius 2 is 2.00 bits per heavy atom. The standard InChI is InChI=1S/C12H23NO3/c1-4-12(3,10-11(14)16-5-2)13-6-8-15-9-7-13/h4-10H2,1-3H3. The van der Waals surface area contributed by atoms with Gasteiger partial charge in [-0.3, -0.25) is 9.69 Å². The molecule has 0 bridgehead atoms. The molecule has 0 radical (unpaired) electrons. The molecule has 0 saturated carbocycles. The van der Waals surface area contributed by atoms with E-state index in [0.29, 0.717) is 13.0 Å². The van der Waals surface area contributed by atoms with Crippen molar-refractivity contribution in [1.29, 1.82) is 0 Å². The van der Waals surface area contributed by atoms with Crippen LogP contribution >= 0.6 is 0 Å². The molecule has 0 aromatic rings. The lowest BCUT2D eigenvalue weighted by Crippen LogP contribution is -2.52. The van der Waals surface area contributed by atoms with E-state index in [0.717, 1.165) is 32.7 Å². The summed E-state index contributed by atoms with van der Waals surface area (Å²) in [5.41, 5.74) is -0.0873. The number of esters is 1. The van der Waals surface area contributed by atoms with E-state index < -0.39 is 0 Å². The third-order valence-corrected chi connectivity index (χ3v) is 3.37. The summed E-state index contributed by atoms with van der Waals surface area (Å²) in [6, 6.07) is 0. The highest BCUT2D eigenvalue weighted by molar-refractivity contribution is 5.70. The van der Waals surface area contributed by atoms with E-state index in [1.807, 2.05) is 6.92 Å². The average Bonchev–Trinajstić information content (AvgIpc) is 2.30. The SMILES string of the molecule is CCOC(=O)CC(C)(CC)N1CCOCC1. The predicted octanol–water partition coefficient (Wildman–Crippen LogP) is 1.44. The molecule has 0 aliphatic carbocycles. The van der Waals surface area contributed by atoms with Crippen molar-refractivity contribution in [2.24, 2.45) is 0 Å². The Morgan fingerprint density at radius 1 is 1.38 bits per heavy atom. The van der Waals surface area contributed by atoms with Crippen molar-refractivity contribution in [3.05, 3.63) is 0 Å². The fourth-order valence-corrected chi connectivity index (χ4v) is 2.09. The number of hydrogen-bond donors (Lipinski definition) is 0. The quantitative estimate of drug-likeness (QED) is 0.669. The molecule has 1 saturated heterocycles. The van der Waals surface area contributed by atoms with E-state index in [1.54, 1.807) is 0 Å². The van der Waals surface area contributed by atoms with E-state index in [1.165, 1.54) is 0 Å². The second-order valence-corrected chi connectivity index (χ2v) is 4.43. The molecule has 94 valence electrons. The minimum absolute atomic E-state index is 0.0873. The third kappa shape index (κ3) is 3.46. The second kappa shape index (κ2) is 6.21. The first-order chi connectivity index (χ1) is 7.62. The summed E-state index contributed by atoms with van der Waals surface area (Å²) in [5, 5.41) is 0. The van der Waals surface area contributed by atoms with Gasteiger partial charge in [0, 0.05) is 18.6 Å². The molecule has 1 aliphatic heterocycles. The average molecular weight is 229 g/mol. The Hall–Kier alpha value is -0.610. The van der Waals surface area contributed by atoms with Gasteiger partial charge in [-0.25, -0.2) is 0 Å². The lowest BCUT2D eigenvalue weighted by Gasteiger charge is -2.42. The van der Waals surface area contributed by atoms with E-state index in [9.17, 15) is 4.79 Å². The van der Waals surface area contributed by atoms with Gasteiger partial charge in [-0.05, 0) is 20.3 Å². The van der Waals surface area contributed by atoms with Crippen LogP contribution in [0.4, 0.5) is 0 Å². The maximum atomic E-state index is 11.6. The highest BCUT2D eigenvalue weighted by Crippen LogP contribution is 2.25. The molecule has 4 heteroatoms. The molecular weight excluding hydrogens is 206 g/mol. The number of rotatable bonds is 5. The lowest BCUT2D eigenvalue weighted by atomic mass is 9.92. The molecule has 0 aromatic carbocycles. The maximum absolute atomic E-state index is 11.6. The van der Waals surface area contributed by atoms with E-state index >= 15 is 0 Å². The minimum atomic E-state index is -0.0988. The molecule has 16 heavy (non-hydrogen) atoms. The smallest absolute Gasteiger partial charge is 0.307 e. The molecule has 0 aromatic heterocycles. The first kappa shape index (κ1) is 13.5. The predicted molar refractivity (Wildman–Crippen MR) is 62.3 cm³/mol. The van der Waals surface area contributed by atoms with Gasteiger partial charge >= 0.3 is 5.97 Å². The first-order valence-corrected chi connectivity index (χ1v) is 6.11. The largest absolute Gasteiger partial charge is 0.466 e. The summed E-state index contributed by atoms with van der Waals surface area (Å²) >= 11 is 0. The van der Waals surface area contributed by atoms with Crippen molar-refractivity contribution >= 4 is 5.97 Å². The fourth-order valence-electron chi connectivity index (χ4n) is 2.09. The number of morpholine rings is 1. The fraction of sp³-hybridized carbons (Fsp3) is 0.917. The first-order valence-electron chi connectivity index (χ1n) is 6.11. The van der Waals surface area contributed by atoms with Crippen LogP contribution in [0.15, 0.2) is 0 Å². The molecule has 1 heterocycles. The highest BCUT2D eigenvalue weighted by Gasteiger charge is 2.33. The Bertz CT molecular complexity index is 226. The number of carbonyl (C=O) groups excluding carboxylic acids is 1. The van der Waals surface area contributed by atoms with Crippen LogP contribution in [0.1, 0.15) is 33.6 Å². The minimum Gasteiger partial charge on any atom is -0.466 e. The molecule has 1 aliphatic rings. The summed E-state index contributed by atoms with van der Waals surface area (Å²) < 4.78 is 10.4. The van der Waals surface area contributed by atoms with Gasteiger partial charge in [-0.2, -0.15) is 0 Å². The van der Waals surface area contributed by atoms with Crippen molar-refractivity contribution < 1.29 is 14.3 Å². The maximum Gasteiger partial charge on any atom is 0.307 e. The summed E-state index contributed by atoms with van der Waals surface area (Å²) in [6.45, 7) is 9.89. The number of carbonyl (C=O) groups is 1. The van der Waals surface area contributed by atoms with Crippen molar-refractivity contribution in [1.82, 2.24) is 4.90 Å². The second-order valence-electron chi connectivity index (χ2n) is 4.43. The number of nitrogens with zero attached hydrogens (tertiary/aromatic N) is 1. The van der Waals surface area contributed by atoms with E-state index in [2.05, 4.69) is 18.7 Å². The normalized spacial score (nSPS) is 21.4. The monoisotopic (exact) mass is 229 g/mol. The van der Waals surface area contributed by atoms with E-state index in [4.69, 9.17) is 9.47 Å². The van der Waals surface area contributed by atoms with Crippen molar-refractivity contribution in [3.8, 4) is 0 Å². The molecular formula is C12H23NO3. The van der Waals surface area contributed by atoms with Crippen LogP contribution in [0.2, 0.25) is 0 Å². The van der Waals surface area contributed by atoms with Gasteiger partial charge in [0.05, 0.1) is 26.2 Å². The van der Waals surface area contributed by atoms with Crippen LogP contribution in [0.3, 0.4) is 0 Å². The summed E-state index contributed by atoms with van der Waals surface area (Å²) in [6.07, 6.45) is 1.42. The summed E-state index contributed by atoms with van der Waals surface area (Å²) in [7, 11) is 0. The Balaban J connectivity index is 2.56. The van der Waals surface area contributed by atoms with Gasteiger partial charge < -0.3 is 9.47 Å². The Labute approximate surface area is 97.9 Å². The van der Waals surface area contributed by atoms with Gasteiger partial charge in [-0.1, -0.05) is 6.92 Å². The number of ether oxygens (including phenoxy) is 2. The molecule has 1 fully saturated rings. The van der Waals surface area contributed by atoms with Gasteiger partial charge in [0.1, 0.15) is 0 Å². The van der Waals surface area contributed by atoms with Crippen LogP contribution in [0, 0.1) is 0 Å². The van der Waals surface area contributed by atoms with Crippen LogP contribution < -0.4 is 0 Å². The zero-order valence-corrected chi connectivity index (χ0v) is 10.6. The molecule has 4 nitrogen and oxygen atoms in total. The molecule has 1 unspecified atom stereocenters. The van der Waals surface area contributed by atoms with Crippen molar-refractivity contribution in [2.45, 2.75) is 39.2 Å². The van der Waals surface area contributed by atoms with Crippen molar-refractivity contribution in [3.63, 3.8) is 0 Å². The highest BCUT2D eigenvalue weighted by atomic mass is 16.5. The Morgan fingerprint density at radius 3 is 2.50 bits per heavy atom. The van der Waals surface area contributed by atoms with Crippen LogP contribution in [-0.2, 0) is 14.3 Å². The summed E-state index contributed by atoms with van der Waals surface area (Å²) in [4.78, 5) is 13.9. The van der Waals surface area contributed by atoms with Gasteiger partial charge in [0.2, 0.25) is 0 Å². The molecule has 1 rings (SSSR count). The van der Waals surface area contributed by atoms with Gasteiger partial charge in [-0.15, -0.1) is 0 Å². The third-order valence-electron chi connectivity index (χ3n) is 3.37. The van der Waals surface area contributed by atoms with Crippen LogP contribution in [-0.4, -0.2) is 49.3 Å². The number of hydrogen-bond acceptors (Lipinski definition) is 4. The molecule has 0 amide bonds. The van der Waals surface area contributed by atoms with Crippen LogP contribution in [0.5, 0.6) is 0 Å².